The first-order chi connectivity index (χ1) is 10.3. The SMILES string of the molecule is [Be+2].[O-]c1sccc1-n1[nH+]c2ccccc2c1-c1ccccc1. The van der Waals surface area contributed by atoms with Crippen LogP contribution < -0.4 is 10.2 Å². The minimum absolute atomic E-state index is 0. The van der Waals surface area contributed by atoms with Gasteiger partial charge in [0, 0.05) is 11.6 Å². The molecule has 0 aliphatic heterocycles. The summed E-state index contributed by atoms with van der Waals surface area (Å²) >= 11 is 1.22. The van der Waals surface area contributed by atoms with E-state index in [0.717, 1.165) is 22.2 Å². The summed E-state index contributed by atoms with van der Waals surface area (Å²) in [5.74, 6) is 0. The second-order valence-electron chi connectivity index (χ2n) is 4.80. The van der Waals surface area contributed by atoms with Crippen LogP contribution in [0.1, 0.15) is 0 Å². The van der Waals surface area contributed by atoms with Crippen LogP contribution in [0.5, 0.6) is 5.06 Å². The van der Waals surface area contributed by atoms with Gasteiger partial charge in [-0.25, -0.2) is 0 Å². The van der Waals surface area contributed by atoms with Gasteiger partial charge in [-0.2, -0.15) is 11.3 Å². The first kappa shape index (κ1) is 14.5. The van der Waals surface area contributed by atoms with Crippen LogP contribution in [0.2, 0.25) is 0 Å². The minimum atomic E-state index is 0. The quantitative estimate of drug-likeness (QED) is 0.525. The zero-order chi connectivity index (χ0) is 14.2. The van der Waals surface area contributed by atoms with Gasteiger partial charge in [-0.15, -0.1) is 9.78 Å². The molecular formula is C17H12BeN2OS+2. The number of thiophene rings is 1. The van der Waals surface area contributed by atoms with Gasteiger partial charge in [-0.1, -0.05) is 42.5 Å². The number of hydrogen-bond donors (Lipinski definition) is 0. The molecule has 0 saturated heterocycles. The smallest absolute Gasteiger partial charge is 0.863 e. The maximum Gasteiger partial charge on any atom is 2.00 e. The van der Waals surface area contributed by atoms with Gasteiger partial charge < -0.3 is 5.11 Å². The van der Waals surface area contributed by atoms with Crippen molar-refractivity contribution in [2.75, 3.05) is 0 Å². The fourth-order valence-electron chi connectivity index (χ4n) is 2.60. The number of nitrogens with zero attached hydrogens (tertiary/aromatic N) is 1. The zero-order valence-electron chi connectivity index (χ0n) is 11.8. The number of H-pyrrole nitrogens is 1. The van der Waals surface area contributed by atoms with Gasteiger partial charge >= 0.3 is 10.1 Å². The van der Waals surface area contributed by atoms with E-state index < -0.39 is 0 Å². The number of rotatable bonds is 2. The van der Waals surface area contributed by atoms with Crippen LogP contribution in [0.25, 0.3) is 27.8 Å². The van der Waals surface area contributed by atoms with Crippen LogP contribution in [0.3, 0.4) is 0 Å². The average Bonchev–Trinajstić information content (AvgIpc) is 3.11. The predicted octanol–water partition coefficient (Wildman–Crippen LogP) is 2.87. The first-order valence-corrected chi connectivity index (χ1v) is 7.55. The van der Waals surface area contributed by atoms with Gasteiger partial charge in [0.05, 0.1) is 5.39 Å². The number of hydrogen-bond acceptors (Lipinski definition) is 2. The fourth-order valence-corrected chi connectivity index (χ4v) is 3.20. The molecule has 5 heteroatoms. The van der Waals surface area contributed by atoms with Crippen molar-refractivity contribution in [3.05, 3.63) is 66.0 Å². The normalized spacial score (nSPS) is 10.5. The molecule has 4 rings (SSSR count). The molecule has 0 unspecified atom stereocenters. The number of fused-ring (bicyclic) bond motifs is 1. The Hall–Kier alpha value is -2.42. The van der Waals surface area contributed by atoms with Crippen molar-refractivity contribution in [1.82, 2.24) is 4.68 Å². The largest absolute Gasteiger partial charge is 2.00 e. The average molecular weight is 301 g/mol. The van der Waals surface area contributed by atoms with Gasteiger partial charge in [-0.05, 0) is 22.6 Å². The predicted molar refractivity (Wildman–Crippen MR) is 88.3 cm³/mol. The van der Waals surface area contributed by atoms with E-state index in [-0.39, 0.29) is 15.2 Å². The fraction of sp³-hybridized carbons (Fsp3) is 0. The Morgan fingerprint density at radius 3 is 2.36 bits per heavy atom. The number of aromatic nitrogens is 2. The molecule has 0 atom stereocenters. The van der Waals surface area contributed by atoms with Crippen molar-refractivity contribution >= 4 is 32.4 Å². The first-order valence-electron chi connectivity index (χ1n) is 6.67. The molecule has 0 aliphatic rings. The summed E-state index contributed by atoms with van der Waals surface area (Å²) in [7, 11) is 0. The third-order valence-electron chi connectivity index (χ3n) is 3.54. The van der Waals surface area contributed by atoms with E-state index in [1.807, 2.05) is 52.5 Å². The summed E-state index contributed by atoms with van der Waals surface area (Å²) in [6.45, 7) is 0. The molecular weight excluding hydrogens is 289 g/mol. The molecule has 0 aliphatic carbocycles. The topological polar surface area (TPSA) is 42.1 Å². The molecule has 2 heterocycles. The van der Waals surface area contributed by atoms with Crippen LogP contribution in [0, 0.1) is 0 Å². The molecule has 1 N–H and O–H groups in total. The molecule has 102 valence electrons. The van der Waals surface area contributed by atoms with Crippen LogP contribution in [0.4, 0.5) is 0 Å². The second-order valence-corrected chi connectivity index (χ2v) is 5.68. The standard InChI is InChI=1S/C17H12N2OS.Be/c20-17-15(10-11-21-17)19-16(12-6-2-1-3-7-12)13-8-4-5-9-14(13)18-19;/h1-11,20H;/q;+2. The van der Waals surface area contributed by atoms with Crippen molar-refractivity contribution in [3.63, 3.8) is 0 Å². The Bertz CT molecular complexity index is 915. The molecule has 2 aromatic carbocycles. The van der Waals surface area contributed by atoms with Gasteiger partial charge in [0.25, 0.3) is 0 Å². The van der Waals surface area contributed by atoms with E-state index in [9.17, 15) is 5.11 Å². The molecule has 0 fully saturated rings. The van der Waals surface area contributed by atoms with E-state index in [0.29, 0.717) is 5.69 Å². The zero-order valence-corrected chi connectivity index (χ0v) is 12.6. The van der Waals surface area contributed by atoms with Crippen LogP contribution in [0.15, 0.2) is 66.0 Å². The number of benzene rings is 2. The third-order valence-corrected chi connectivity index (χ3v) is 4.23. The van der Waals surface area contributed by atoms with Gasteiger partial charge in [0.2, 0.25) is 5.52 Å². The summed E-state index contributed by atoms with van der Waals surface area (Å²) in [6, 6.07) is 20.1. The van der Waals surface area contributed by atoms with E-state index >= 15 is 0 Å². The third kappa shape index (κ3) is 2.23. The van der Waals surface area contributed by atoms with Crippen molar-refractivity contribution < 1.29 is 10.2 Å². The molecule has 0 radical (unpaired) electrons. The number of aromatic amines is 1. The van der Waals surface area contributed by atoms with Crippen molar-refractivity contribution in [3.8, 4) is 22.0 Å². The van der Waals surface area contributed by atoms with E-state index in [4.69, 9.17) is 0 Å². The summed E-state index contributed by atoms with van der Waals surface area (Å²) in [5.41, 5.74) is 3.78. The van der Waals surface area contributed by atoms with Crippen LogP contribution in [-0.2, 0) is 0 Å². The Balaban J connectivity index is 0.00000144. The monoisotopic (exact) mass is 301 g/mol. The van der Waals surface area contributed by atoms with E-state index in [1.54, 1.807) is 0 Å². The minimum Gasteiger partial charge on any atom is -0.863 e. The number of nitrogens with one attached hydrogen (secondary N) is 1. The van der Waals surface area contributed by atoms with Crippen molar-refractivity contribution in [1.29, 1.82) is 0 Å². The van der Waals surface area contributed by atoms with E-state index in [2.05, 4.69) is 23.3 Å². The molecule has 0 spiro atoms. The van der Waals surface area contributed by atoms with Gasteiger partial charge in [-0.3, -0.25) is 0 Å². The second kappa shape index (κ2) is 5.76. The molecule has 0 saturated carbocycles. The van der Waals surface area contributed by atoms with Gasteiger partial charge in [0.1, 0.15) is 11.4 Å². The van der Waals surface area contributed by atoms with Crippen molar-refractivity contribution in [2.24, 2.45) is 0 Å². The maximum atomic E-state index is 12.1. The van der Waals surface area contributed by atoms with Crippen LogP contribution >= 0.6 is 11.3 Å². The summed E-state index contributed by atoms with van der Waals surface area (Å²) < 4.78 is 1.89. The summed E-state index contributed by atoms with van der Waals surface area (Å²) in [4.78, 5) is 0. The molecule has 22 heavy (non-hydrogen) atoms. The Labute approximate surface area is 135 Å². The molecule has 0 bridgehead atoms. The van der Waals surface area contributed by atoms with Crippen molar-refractivity contribution in [2.45, 2.75) is 0 Å². The Kier molecular flexibility index (Phi) is 3.80. The molecule has 4 aromatic rings. The van der Waals surface area contributed by atoms with Crippen LogP contribution in [-0.4, -0.2) is 14.8 Å². The maximum absolute atomic E-state index is 12.1. The number of para-hydroxylation sites is 1. The molecule has 0 amide bonds. The molecule has 2 aromatic heterocycles. The molecule has 3 nitrogen and oxygen atoms in total. The van der Waals surface area contributed by atoms with Gasteiger partial charge in [0.15, 0.2) is 0 Å². The van der Waals surface area contributed by atoms with E-state index in [1.165, 1.54) is 11.3 Å². The Morgan fingerprint density at radius 2 is 1.64 bits per heavy atom. The Morgan fingerprint density at radius 1 is 0.909 bits per heavy atom. The summed E-state index contributed by atoms with van der Waals surface area (Å²) in [5, 5.41) is 18.4. The summed E-state index contributed by atoms with van der Waals surface area (Å²) in [6.07, 6.45) is 0.